The summed E-state index contributed by atoms with van der Waals surface area (Å²) in [7, 11) is -0.0924. The van der Waals surface area contributed by atoms with Crippen LogP contribution >= 0.6 is 0 Å². The number of anilines is 1. The van der Waals surface area contributed by atoms with E-state index in [2.05, 4.69) is 14.6 Å². The Morgan fingerprint density at radius 2 is 1.88 bits per heavy atom. The number of ether oxygens (including phenoxy) is 3. The average Bonchev–Trinajstić information content (AvgIpc) is 3.22. The second-order valence-corrected chi connectivity index (χ2v) is 8.30. The van der Waals surface area contributed by atoms with Crippen LogP contribution in [0.15, 0.2) is 59.6 Å². The lowest BCUT2D eigenvalue weighted by Crippen LogP contribution is -2.15. The predicted molar refractivity (Wildman–Crippen MR) is 120 cm³/mol. The minimum Gasteiger partial charge on any atom is -0.493 e. The number of aromatic nitrogens is 2. The number of hydrogen-bond donors (Lipinski definition) is 1. The molecule has 0 amide bonds. The second kappa shape index (κ2) is 9.56. The van der Waals surface area contributed by atoms with E-state index in [1.54, 1.807) is 35.1 Å². The van der Waals surface area contributed by atoms with E-state index in [-0.39, 0.29) is 16.4 Å². The summed E-state index contributed by atoms with van der Waals surface area (Å²) in [6.45, 7) is 1.90. The summed E-state index contributed by atoms with van der Waals surface area (Å²) < 4.78 is 46.0. The van der Waals surface area contributed by atoms with E-state index in [9.17, 15) is 13.2 Å². The monoisotopic (exact) mass is 457 g/mol. The Morgan fingerprint density at radius 1 is 1.09 bits per heavy atom. The molecule has 0 saturated carbocycles. The fourth-order valence-corrected chi connectivity index (χ4v) is 4.30. The van der Waals surface area contributed by atoms with Crippen LogP contribution in [0.1, 0.15) is 11.3 Å². The van der Waals surface area contributed by atoms with Gasteiger partial charge in [0, 0.05) is 18.0 Å². The molecule has 2 aromatic carbocycles. The minimum absolute atomic E-state index is 0.0364. The molecule has 0 bridgehead atoms. The van der Waals surface area contributed by atoms with Crippen LogP contribution in [0.25, 0.3) is 11.8 Å². The molecule has 1 aromatic heterocycles. The standard InChI is InChI=1S/C22H23N3O6S/c1-15-10-11-23-25(15)18-7-5-6-17(14-18)24-32(27,28)20-13-16(8-9-21(26)30-3)12-19(29-2)22(20)31-4/h5-14,24H,1-4H3/b9-8+. The lowest BCUT2D eigenvalue weighted by atomic mass is 10.2. The molecule has 1 N–H and O–H groups in total. The molecule has 0 radical (unpaired) electrons. The van der Waals surface area contributed by atoms with Crippen LogP contribution in [0, 0.1) is 6.92 Å². The fraction of sp³-hybridized carbons (Fsp3) is 0.182. The van der Waals surface area contributed by atoms with Crippen molar-refractivity contribution in [3.8, 4) is 17.2 Å². The third-order valence-corrected chi connectivity index (χ3v) is 5.93. The summed E-state index contributed by atoms with van der Waals surface area (Å²) >= 11 is 0. The third-order valence-electron chi connectivity index (χ3n) is 4.54. The highest BCUT2D eigenvalue weighted by atomic mass is 32.2. The Hall–Kier alpha value is -3.79. The number of aryl methyl sites for hydroxylation is 1. The molecular formula is C22H23N3O6S. The van der Waals surface area contributed by atoms with Crippen molar-refractivity contribution in [1.82, 2.24) is 9.78 Å². The molecule has 0 aliphatic heterocycles. The number of nitrogens with zero attached hydrogens (tertiary/aromatic N) is 2. The maximum absolute atomic E-state index is 13.3. The molecule has 32 heavy (non-hydrogen) atoms. The summed E-state index contributed by atoms with van der Waals surface area (Å²) in [5.74, 6) is -0.344. The van der Waals surface area contributed by atoms with Crippen molar-refractivity contribution >= 4 is 27.8 Å². The zero-order chi connectivity index (χ0) is 23.3. The first-order chi connectivity index (χ1) is 15.3. The first kappa shape index (κ1) is 22.9. The van der Waals surface area contributed by atoms with Gasteiger partial charge in [0.05, 0.1) is 32.7 Å². The summed E-state index contributed by atoms with van der Waals surface area (Å²) in [4.78, 5) is 11.3. The normalized spacial score (nSPS) is 11.4. The van der Waals surface area contributed by atoms with Gasteiger partial charge in [-0.1, -0.05) is 6.07 Å². The van der Waals surface area contributed by atoms with Crippen LogP contribution in [0.3, 0.4) is 0 Å². The largest absolute Gasteiger partial charge is 0.493 e. The van der Waals surface area contributed by atoms with E-state index < -0.39 is 16.0 Å². The lowest BCUT2D eigenvalue weighted by molar-refractivity contribution is -0.134. The van der Waals surface area contributed by atoms with Crippen molar-refractivity contribution in [2.75, 3.05) is 26.1 Å². The van der Waals surface area contributed by atoms with Gasteiger partial charge in [-0.25, -0.2) is 17.9 Å². The summed E-state index contributed by atoms with van der Waals surface area (Å²) in [6, 6.07) is 11.6. The van der Waals surface area contributed by atoms with Crippen molar-refractivity contribution in [1.29, 1.82) is 0 Å². The number of rotatable bonds is 8. The molecule has 3 aromatic rings. The molecule has 168 valence electrons. The molecule has 0 unspecified atom stereocenters. The third kappa shape index (κ3) is 4.92. The summed E-state index contributed by atoms with van der Waals surface area (Å²) in [5, 5.41) is 4.24. The molecule has 10 heteroatoms. The van der Waals surface area contributed by atoms with Gasteiger partial charge in [0.1, 0.15) is 4.90 Å². The quantitative estimate of drug-likeness (QED) is 0.409. The van der Waals surface area contributed by atoms with Gasteiger partial charge in [0.25, 0.3) is 10.0 Å². The van der Waals surface area contributed by atoms with Crippen molar-refractivity contribution < 1.29 is 27.4 Å². The SMILES string of the molecule is COC(=O)/C=C/c1cc(OC)c(OC)c(S(=O)(=O)Nc2cccc(-n3nccc3C)c2)c1. The van der Waals surface area contributed by atoms with E-state index in [1.807, 2.05) is 19.1 Å². The molecule has 0 atom stereocenters. The van der Waals surface area contributed by atoms with Crippen molar-refractivity contribution in [2.45, 2.75) is 11.8 Å². The second-order valence-electron chi connectivity index (χ2n) is 6.65. The van der Waals surface area contributed by atoms with Crippen LogP contribution in [0.4, 0.5) is 5.69 Å². The first-order valence-corrected chi connectivity index (χ1v) is 10.9. The van der Waals surface area contributed by atoms with Crippen molar-refractivity contribution in [2.24, 2.45) is 0 Å². The summed E-state index contributed by atoms with van der Waals surface area (Å²) in [6.07, 6.45) is 4.27. The van der Waals surface area contributed by atoms with Gasteiger partial charge in [-0.3, -0.25) is 4.72 Å². The van der Waals surface area contributed by atoms with Gasteiger partial charge in [0.2, 0.25) is 0 Å². The number of nitrogens with one attached hydrogen (secondary N) is 1. The maximum Gasteiger partial charge on any atom is 0.330 e. The Labute approximate surface area is 186 Å². The molecule has 1 heterocycles. The van der Waals surface area contributed by atoms with Gasteiger partial charge in [-0.05, 0) is 55.0 Å². The molecule has 0 aliphatic carbocycles. The molecular weight excluding hydrogens is 434 g/mol. The Bertz CT molecular complexity index is 1260. The minimum atomic E-state index is -4.09. The van der Waals surface area contributed by atoms with Crippen molar-refractivity contribution in [3.05, 3.63) is 66.0 Å². The average molecular weight is 458 g/mol. The predicted octanol–water partition coefficient (Wildman–Crippen LogP) is 3.18. The topological polar surface area (TPSA) is 109 Å². The number of esters is 1. The molecule has 0 fully saturated rings. The Kier molecular flexibility index (Phi) is 6.84. The number of carbonyl (C=O) groups is 1. The number of carbonyl (C=O) groups excluding carboxylic acids is 1. The van der Waals surface area contributed by atoms with Gasteiger partial charge >= 0.3 is 5.97 Å². The smallest absolute Gasteiger partial charge is 0.330 e. The van der Waals surface area contributed by atoms with Gasteiger partial charge in [0.15, 0.2) is 11.5 Å². The zero-order valence-corrected chi connectivity index (χ0v) is 18.8. The van der Waals surface area contributed by atoms with E-state index in [0.717, 1.165) is 5.69 Å². The molecule has 0 spiro atoms. The van der Waals surface area contributed by atoms with Gasteiger partial charge < -0.3 is 14.2 Å². The number of hydrogen-bond acceptors (Lipinski definition) is 7. The van der Waals surface area contributed by atoms with Gasteiger partial charge in [-0.15, -0.1) is 0 Å². The number of methoxy groups -OCH3 is 3. The summed E-state index contributed by atoms with van der Waals surface area (Å²) in [5.41, 5.74) is 2.36. The fourth-order valence-electron chi connectivity index (χ4n) is 3.03. The maximum atomic E-state index is 13.3. The van der Waals surface area contributed by atoms with E-state index in [1.165, 1.54) is 39.5 Å². The molecule has 9 nitrogen and oxygen atoms in total. The van der Waals surface area contributed by atoms with E-state index in [4.69, 9.17) is 9.47 Å². The highest BCUT2D eigenvalue weighted by molar-refractivity contribution is 7.92. The highest BCUT2D eigenvalue weighted by Gasteiger charge is 2.24. The van der Waals surface area contributed by atoms with Crippen LogP contribution in [-0.2, 0) is 19.6 Å². The molecule has 3 rings (SSSR count). The van der Waals surface area contributed by atoms with Crippen molar-refractivity contribution in [3.63, 3.8) is 0 Å². The molecule has 0 saturated heterocycles. The zero-order valence-electron chi connectivity index (χ0n) is 18.0. The number of sulfonamides is 1. The lowest BCUT2D eigenvalue weighted by Gasteiger charge is -2.16. The van der Waals surface area contributed by atoms with Crippen LogP contribution in [0.2, 0.25) is 0 Å². The van der Waals surface area contributed by atoms with Crippen LogP contribution < -0.4 is 14.2 Å². The van der Waals surface area contributed by atoms with Crippen LogP contribution in [-0.4, -0.2) is 45.5 Å². The van der Waals surface area contributed by atoms with Gasteiger partial charge in [-0.2, -0.15) is 5.10 Å². The highest BCUT2D eigenvalue weighted by Crippen LogP contribution is 2.37. The van der Waals surface area contributed by atoms with Crippen LogP contribution in [0.5, 0.6) is 11.5 Å². The Morgan fingerprint density at radius 3 is 2.50 bits per heavy atom. The van der Waals surface area contributed by atoms with E-state index in [0.29, 0.717) is 16.9 Å². The Balaban J connectivity index is 2.03. The van der Waals surface area contributed by atoms with E-state index >= 15 is 0 Å². The number of benzene rings is 2. The first-order valence-electron chi connectivity index (χ1n) is 9.45. The molecule has 0 aliphatic rings.